The Morgan fingerprint density at radius 1 is 0.557 bits per heavy atom. The summed E-state index contributed by atoms with van der Waals surface area (Å²) in [6, 6.07) is 43.4. The molecular formula is C64H61BN2OS2. The molecule has 11 aromatic rings. The largest absolute Gasteiger partial charge is 0.455 e. The fourth-order valence-electron chi connectivity index (χ4n) is 12.9. The van der Waals surface area contributed by atoms with Gasteiger partial charge in [-0.05, 0) is 145 Å². The molecule has 7 aromatic carbocycles. The number of hydrogen-bond donors (Lipinski definition) is 0. The maximum absolute atomic E-state index is 7.34. The van der Waals surface area contributed by atoms with Crippen molar-refractivity contribution < 1.29 is 4.42 Å². The second-order valence-corrected chi connectivity index (χ2v) is 27.8. The Morgan fingerprint density at radius 3 is 1.87 bits per heavy atom. The fourth-order valence-corrected chi connectivity index (χ4v) is 15.3. The molecule has 2 aliphatic heterocycles. The SMILES string of the molecule is CC(C)(C)c1ccc(N2B3c4sc5ccc(C(C)(C)C)cc5c4-n4c5ccc(C(C)(C)C)cc5c5c6oc7ccccc7c6c(c3c54)-c3cc4sc5cc6c(cc5c4cc32)C(C)(C)CCC6(C)C)cc1. The molecule has 14 rings (SSSR count). The number of anilines is 2. The van der Waals surface area contributed by atoms with E-state index in [-0.39, 0.29) is 33.9 Å². The Kier molecular flexibility index (Phi) is 8.34. The highest BCUT2D eigenvalue weighted by molar-refractivity contribution is 7.32. The van der Waals surface area contributed by atoms with Gasteiger partial charge in [-0.1, -0.05) is 132 Å². The monoisotopic (exact) mass is 948 g/mol. The molecule has 0 radical (unpaired) electrons. The first-order valence-corrected chi connectivity index (χ1v) is 27.2. The Bertz CT molecular complexity index is 4130. The summed E-state index contributed by atoms with van der Waals surface area (Å²) < 4.78 is 15.5. The van der Waals surface area contributed by atoms with E-state index in [0.29, 0.717) is 0 Å². The third-order valence-electron chi connectivity index (χ3n) is 17.1. The van der Waals surface area contributed by atoms with E-state index in [0.717, 1.165) is 11.2 Å². The van der Waals surface area contributed by atoms with E-state index >= 15 is 0 Å². The van der Waals surface area contributed by atoms with Crippen molar-refractivity contribution in [1.29, 1.82) is 0 Å². The second-order valence-electron chi connectivity index (χ2n) is 25.6. The number of thiophene rings is 2. The molecule has 0 saturated carbocycles. The number of para-hydroxylation sites is 1. The lowest BCUT2D eigenvalue weighted by molar-refractivity contribution is 0.332. The first kappa shape index (κ1) is 43.0. The van der Waals surface area contributed by atoms with Crippen LogP contribution in [0.2, 0.25) is 0 Å². The lowest BCUT2D eigenvalue weighted by atomic mass is 9.47. The number of nitrogens with zero attached hydrogens (tertiary/aromatic N) is 2. The van der Waals surface area contributed by atoms with Crippen molar-refractivity contribution in [2.75, 3.05) is 4.81 Å². The van der Waals surface area contributed by atoms with Gasteiger partial charge in [-0.3, -0.25) is 0 Å². The molecule has 0 unspecified atom stereocenters. The molecule has 1 aliphatic carbocycles. The number of aromatic nitrogens is 1. The van der Waals surface area contributed by atoms with Crippen LogP contribution in [0.5, 0.6) is 0 Å². The Morgan fingerprint density at radius 2 is 1.17 bits per heavy atom. The van der Waals surface area contributed by atoms with Crippen molar-refractivity contribution in [1.82, 2.24) is 4.57 Å². The van der Waals surface area contributed by atoms with Gasteiger partial charge in [-0.15, -0.1) is 22.7 Å². The molecule has 3 nitrogen and oxygen atoms in total. The molecule has 0 fully saturated rings. The van der Waals surface area contributed by atoms with Crippen molar-refractivity contribution in [3.05, 3.63) is 137 Å². The summed E-state index contributed by atoms with van der Waals surface area (Å²) in [5, 5.41) is 8.94. The predicted octanol–water partition coefficient (Wildman–Crippen LogP) is 17.7. The van der Waals surface area contributed by atoms with E-state index in [4.69, 9.17) is 4.42 Å². The molecule has 0 bridgehead atoms. The van der Waals surface area contributed by atoms with Gasteiger partial charge in [0.25, 0.3) is 0 Å². The first-order chi connectivity index (χ1) is 33.1. The van der Waals surface area contributed by atoms with Crippen LogP contribution < -0.4 is 15.1 Å². The van der Waals surface area contributed by atoms with E-state index in [1.807, 2.05) is 22.7 Å². The van der Waals surface area contributed by atoms with Gasteiger partial charge < -0.3 is 13.8 Å². The van der Waals surface area contributed by atoms with Crippen molar-refractivity contribution in [3.63, 3.8) is 0 Å². The zero-order valence-corrected chi connectivity index (χ0v) is 44.6. The summed E-state index contributed by atoms with van der Waals surface area (Å²) in [4.78, 5) is 2.76. The van der Waals surface area contributed by atoms with E-state index in [1.54, 1.807) is 0 Å². The summed E-state index contributed by atoms with van der Waals surface area (Å²) in [6.45, 7) is 30.7. The van der Waals surface area contributed by atoms with Gasteiger partial charge in [0.15, 0.2) is 0 Å². The second kappa shape index (κ2) is 13.6. The molecule has 4 aromatic heterocycles. The summed E-state index contributed by atoms with van der Waals surface area (Å²) in [5.74, 6) is 0. The number of furan rings is 1. The number of rotatable bonds is 1. The summed E-state index contributed by atoms with van der Waals surface area (Å²) in [5.41, 5.74) is 19.5. The molecule has 0 saturated heterocycles. The Balaban J connectivity index is 1.21. The zero-order valence-electron chi connectivity index (χ0n) is 43.0. The normalized spacial score (nSPS) is 16.4. The summed E-state index contributed by atoms with van der Waals surface area (Å²) >= 11 is 3.97. The molecule has 0 spiro atoms. The minimum absolute atomic E-state index is 0.0115. The van der Waals surface area contributed by atoms with Crippen molar-refractivity contribution in [2.24, 2.45) is 0 Å². The Labute approximate surface area is 420 Å². The topological polar surface area (TPSA) is 21.3 Å². The van der Waals surface area contributed by atoms with Crippen LogP contribution >= 0.6 is 22.7 Å². The molecule has 348 valence electrons. The Hall–Kier alpha value is -5.82. The van der Waals surface area contributed by atoms with E-state index in [2.05, 4.69) is 209 Å². The quantitative estimate of drug-likeness (QED) is 0.153. The highest BCUT2D eigenvalue weighted by Gasteiger charge is 2.48. The van der Waals surface area contributed by atoms with Crippen LogP contribution in [-0.2, 0) is 27.1 Å². The van der Waals surface area contributed by atoms with Crippen LogP contribution in [0.3, 0.4) is 0 Å². The average Bonchev–Trinajstić information content (AvgIpc) is 4.06. The lowest BCUT2D eigenvalue weighted by Gasteiger charge is -2.42. The van der Waals surface area contributed by atoms with E-state index < -0.39 is 0 Å². The van der Waals surface area contributed by atoms with Crippen LogP contribution in [0, 0.1) is 0 Å². The van der Waals surface area contributed by atoms with Gasteiger partial charge in [0, 0.05) is 68.1 Å². The standard InChI is InChI=1S/C64H61BN2OS2/c1-60(2,3)34-18-22-37(23-19-34)67-47-31-40-39-30-44-45(64(12,13)27-26-63(44,10)11)33-51(39)69-50(40)32-42(47)52-53-38-16-14-15-17-48(38)68-58(53)54-41-28-35(61(4,5)6)20-24-46(41)66-56-43-29-36(62(7,8)9)21-25-49(43)70-59(56)65(67)55(52)57(54)66/h14-25,28-33H,26-27H2,1-13H3. The van der Waals surface area contributed by atoms with E-state index in [9.17, 15) is 0 Å². The van der Waals surface area contributed by atoms with Gasteiger partial charge >= 0.3 is 6.85 Å². The first-order valence-electron chi connectivity index (χ1n) is 25.6. The van der Waals surface area contributed by atoms with Crippen molar-refractivity contribution >= 4 is 125 Å². The van der Waals surface area contributed by atoms with Crippen LogP contribution in [0.25, 0.3) is 90.8 Å². The summed E-state index contributed by atoms with van der Waals surface area (Å²) in [7, 11) is 0. The molecule has 3 aliphatic rings. The van der Waals surface area contributed by atoms with E-state index in [1.165, 1.54) is 142 Å². The van der Waals surface area contributed by atoms with Gasteiger partial charge in [-0.25, -0.2) is 0 Å². The van der Waals surface area contributed by atoms with Crippen molar-refractivity contribution in [2.45, 2.75) is 130 Å². The highest BCUT2D eigenvalue weighted by atomic mass is 32.1. The van der Waals surface area contributed by atoms with Gasteiger partial charge in [0.2, 0.25) is 0 Å². The highest BCUT2D eigenvalue weighted by Crippen LogP contribution is 2.56. The maximum Gasteiger partial charge on any atom is 0.343 e. The zero-order chi connectivity index (χ0) is 48.5. The fraction of sp³-hybridized carbons (Fsp3) is 0.312. The number of hydrogen-bond acceptors (Lipinski definition) is 4. The minimum Gasteiger partial charge on any atom is -0.455 e. The molecular weight excluding hydrogens is 888 g/mol. The van der Waals surface area contributed by atoms with Crippen molar-refractivity contribution in [3.8, 4) is 16.8 Å². The van der Waals surface area contributed by atoms with Crippen LogP contribution in [0.1, 0.15) is 131 Å². The lowest BCUT2D eigenvalue weighted by Crippen LogP contribution is -2.59. The van der Waals surface area contributed by atoms with Gasteiger partial charge in [-0.2, -0.15) is 0 Å². The van der Waals surface area contributed by atoms with Crippen LogP contribution in [0.15, 0.2) is 114 Å². The predicted molar refractivity (Wildman–Crippen MR) is 307 cm³/mol. The summed E-state index contributed by atoms with van der Waals surface area (Å²) in [6.07, 6.45) is 2.40. The molecule has 70 heavy (non-hydrogen) atoms. The van der Waals surface area contributed by atoms with Gasteiger partial charge in [0.05, 0.1) is 22.1 Å². The molecule has 6 heteroatoms. The molecule has 6 heterocycles. The minimum atomic E-state index is -0.109. The maximum atomic E-state index is 7.34. The number of fused-ring (bicyclic) bond motifs is 19. The molecule has 0 atom stereocenters. The average molecular weight is 949 g/mol. The van der Waals surface area contributed by atoms with Crippen LogP contribution in [0.4, 0.5) is 11.4 Å². The number of benzene rings is 7. The molecule has 0 amide bonds. The van der Waals surface area contributed by atoms with Crippen LogP contribution in [-0.4, -0.2) is 11.4 Å². The molecule has 0 N–H and O–H groups in total. The smallest absolute Gasteiger partial charge is 0.343 e. The third kappa shape index (κ3) is 5.69. The van der Waals surface area contributed by atoms with Gasteiger partial charge in [0.1, 0.15) is 11.2 Å². The third-order valence-corrected chi connectivity index (χ3v) is 19.4.